The summed E-state index contributed by atoms with van der Waals surface area (Å²) in [5, 5.41) is 12.7. The summed E-state index contributed by atoms with van der Waals surface area (Å²) in [6, 6.07) is 9.78. The maximum absolute atomic E-state index is 12.8. The number of ketones is 1. The van der Waals surface area contributed by atoms with E-state index in [4.69, 9.17) is 11.6 Å². The van der Waals surface area contributed by atoms with Crippen LogP contribution in [-0.4, -0.2) is 16.8 Å². The second-order valence-corrected chi connectivity index (χ2v) is 5.17. The van der Waals surface area contributed by atoms with Crippen molar-refractivity contribution in [2.45, 2.75) is 6.92 Å². The van der Waals surface area contributed by atoms with E-state index in [1.807, 2.05) is 0 Å². The molecule has 2 N–H and O–H groups in total. The van der Waals surface area contributed by atoms with Gasteiger partial charge in [0.15, 0.2) is 0 Å². The molecule has 0 aliphatic carbocycles. The molecule has 0 aliphatic rings. The molecule has 0 saturated carbocycles. The van der Waals surface area contributed by atoms with Crippen molar-refractivity contribution in [1.29, 1.82) is 0 Å². The molecule has 118 valence electrons. The van der Waals surface area contributed by atoms with Gasteiger partial charge in [-0.25, -0.2) is 4.39 Å². The van der Waals surface area contributed by atoms with Gasteiger partial charge >= 0.3 is 0 Å². The molecule has 0 saturated heterocycles. The van der Waals surface area contributed by atoms with Gasteiger partial charge in [-0.15, -0.1) is 0 Å². The molecule has 23 heavy (non-hydrogen) atoms. The van der Waals surface area contributed by atoms with Gasteiger partial charge in [0.05, 0.1) is 0 Å². The molecule has 0 unspecified atom stereocenters. The number of aliphatic hydroxyl groups excluding tert-OH is 1. The molecule has 2 aromatic rings. The van der Waals surface area contributed by atoms with Gasteiger partial charge in [0.25, 0.3) is 5.91 Å². The Kier molecular flexibility index (Phi) is 5.13. The zero-order valence-corrected chi connectivity index (χ0v) is 12.9. The SMILES string of the molecule is Cc1c(Cl)cccc1NC(=O)C(=O)/C=C(\O)c1ccc(F)cc1. The number of hydrogen-bond acceptors (Lipinski definition) is 3. The number of aliphatic hydroxyl groups is 1. The number of carbonyl (C=O) groups excluding carboxylic acids is 2. The van der Waals surface area contributed by atoms with Gasteiger partial charge in [0.2, 0.25) is 5.78 Å². The second kappa shape index (κ2) is 7.07. The molecule has 2 aromatic carbocycles. The predicted octanol–water partition coefficient (Wildman–Crippen LogP) is 3.89. The molecule has 4 nitrogen and oxygen atoms in total. The summed E-state index contributed by atoms with van der Waals surface area (Å²) in [5.74, 6) is -2.75. The largest absolute Gasteiger partial charge is 0.507 e. The predicted molar refractivity (Wildman–Crippen MR) is 86.8 cm³/mol. The van der Waals surface area contributed by atoms with E-state index >= 15 is 0 Å². The van der Waals surface area contributed by atoms with Crippen molar-refractivity contribution in [3.8, 4) is 0 Å². The normalized spacial score (nSPS) is 11.2. The molecule has 0 heterocycles. The summed E-state index contributed by atoms with van der Waals surface area (Å²) in [4.78, 5) is 23.7. The summed E-state index contributed by atoms with van der Waals surface area (Å²) in [7, 11) is 0. The van der Waals surface area contributed by atoms with Crippen LogP contribution in [0.15, 0.2) is 48.5 Å². The number of halogens is 2. The number of anilines is 1. The third kappa shape index (κ3) is 4.17. The molecular weight excluding hydrogens is 321 g/mol. The lowest BCUT2D eigenvalue weighted by atomic mass is 10.1. The average Bonchev–Trinajstić information content (AvgIpc) is 2.52. The highest BCUT2D eigenvalue weighted by atomic mass is 35.5. The van der Waals surface area contributed by atoms with Gasteiger partial charge in [-0.1, -0.05) is 17.7 Å². The monoisotopic (exact) mass is 333 g/mol. The minimum atomic E-state index is -0.939. The summed E-state index contributed by atoms with van der Waals surface area (Å²) in [5.41, 5.74) is 1.26. The zero-order valence-electron chi connectivity index (χ0n) is 12.1. The van der Waals surface area contributed by atoms with E-state index in [-0.39, 0.29) is 5.56 Å². The van der Waals surface area contributed by atoms with Crippen LogP contribution in [0.4, 0.5) is 10.1 Å². The first-order chi connectivity index (χ1) is 10.9. The summed E-state index contributed by atoms with van der Waals surface area (Å²) < 4.78 is 12.8. The number of benzene rings is 2. The lowest BCUT2D eigenvalue weighted by Crippen LogP contribution is -2.21. The first-order valence-electron chi connectivity index (χ1n) is 6.65. The third-order valence-electron chi connectivity index (χ3n) is 3.15. The third-order valence-corrected chi connectivity index (χ3v) is 3.56. The maximum atomic E-state index is 12.8. The van der Waals surface area contributed by atoms with Crippen LogP contribution in [0, 0.1) is 12.7 Å². The van der Waals surface area contributed by atoms with Crippen molar-refractivity contribution < 1.29 is 19.1 Å². The van der Waals surface area contributed by atoms with Gasteiger partial charge in [-0.2, -0.15) is 0 Å². The lowest BCUT2D eigenvalue weighted by molar-refractivity contribution is -0.131. The number of rotatable bonds is 4. The van der Waals surface area contributed by atoms with Gasteiger partial charge in [-0.3, -0.25) is 9.59 Å². The van der Waals surface area contributed by atoms with Gasteiger partial charge < -0.3 is 10.4 Å². The topological polar surface area (TPSA) is 66.4 Å². The van der Waals surface area contributed by atoms with Crippen molar-refractivity contribution in [1.82, 2.24) is 0 Å². The Hall–Kier alpha value is -2.66. The molecule has 6 heteroatoms. The van der Waals surface area contributed by atoms with Crippen molar-refractivity contribution in [2.24, 2.45) is 0 Å². The van der Waals surface area contributed by atoms with Crippen LogP contribution >= 0.6 is 11.6 Å². The van der Waals surface area contributed by atoms with Crippen LogP contribution in [0.2, 0.25) is 5.02 Å². The first-order valence-corrected chi connectivity index (χ1v) is 7.03. The van der Waals surface area contributed by atoms with E-state index in [9.17, 15) is 19.1 Å². The average molecular weight is 334 g/mol. The quantitative estimate of drug-likeness (QED) is 0.506. The van der Waals surface area contributed by atoms with Crippen LogP contribution in [0.5, 0.6) is 0 Å². The van der Waals surface area contributed by atoms with Crippen LogP contribution < -0.4 is 5.32 Å². The Balaban J connectivity index is 2.13. The van der Waals surface area contributed by atoms with E-state index in [2.05, 4.69) is 5.32 Å². The molecule has 0 bridgehead atoms. The lowest BCUT2D eigenvalue weighted by Gasteiger charge is -2.08. The molecule has 0 aromatic heterocycles. The molecule has 0 fully saturated rings. The van der Waals surface area contributed by atoms with Crippen molar-refractivity contribution in [3.05, 3.63) is 70.5 Å². The summed E-state index contributed by atoms with van der Waals surface area (Å²) in [6.07, 6.45) is 0.780. The fourth-order valence-electron chi connectivity index (χ4n) is 1.82. The smallest absolute Gasteiger partial charge is 0.296 e. The van der Waals surface area contributed by atoms with Crippen LogP contribution in [0.25, 0.3) is 5.76 Å². The molecule has 1 amide bonds. The van der Waals surface area contributed by atoms with E-state index < -0.39 is 23.3 Å². The fourth-order valence-corrected chi connectivity index (χ4v) is 2.00. The van der Waals surface area contributed by atoms with E-state index in [1.54, 1.807) is 25.1 Å². The van der Waals surface area contributed by atoms with Crippen LogP contribution in [0.3, 0.4) is 0 Å². The van der Waals surface area contributed by atoms with E-state index in [0.29, 0.717) is 16.3 Å². The molecule has 0 atom stereocenters. The Morgan fingerprint density at radius 3 is 2.48 bits per heavy atom. The second-order valence-electron chi connectivity index (χ2n) is 4.77. The van der Waals surface area contributed by atoms with Crippen LogP contribution in [0.1, 0.15) is 11.1 Å². The van der Waals surface area contributed by atoms with Crippen LogP contribution in [-0.2, 0) is 9.59 Å². The maximum Gasteiger partial charge on any atom is 0.296 e. The summed E-state index contributed by atoms with van der Waals surface area (Å²) in [6.45, 7) is 1.70. The number of hydrogen-bond donors (Lipinski definition) is 2. The van der Waals surface area contributed by atoms with Gasteiger partial charge in [0.1, 0.15) is 11.6 Å². The highest BCUT2D eigenvalue weighted by Gasteiger charge is 2.15. The minimum Gasteiger partial charge on any atom is -0.507 e. The molecule has 0 spiro atoms. The van der Waals surface area contributed by atoms with E-state index in [1.165, 1.54) is 12.1 Å². The fraction of sp³-hybridized carbons (Fsp3) is 0.0588. The highest BCUT2D eigenvalue weighted by Crippen LogP contribution is 2.23. The summed E-state index contributed by atoms with van der Waals surface area (Å²) >= 11 is 5.94. The van der Waals surface area contributed by atoms with Gasteiger partial charge in [-0.05, 0) is 48.9 Å². The molecule has 0 aliphatic heterocycles. The number of amides is 1. The standard InChI is InChI=1S/C17H13ClFNO3/c1-10-13(18)3-2-4-14(10)20-17(23)16(22)9-15(21)11-5-7-12(19)8-6-11/h2-9,21H,1H3,(H,20,23)/b15-9-. The Morgan fingerprint density at radius 1 is 1.17 bits per heavy atom. The molecule has 0 radical (unpaired) electrons. The number of nitrogens with one attached hydrogen (secondary N) is 1. The molecular formula is C17H13ClFNO3. The zero-order chi connectivity index (χ0) is 17.0. The van der Waals surface area contributed by atoms with Crippen molar-refractivity contribution in [2.75, 3.05) is 5.32 Å². The molecule has 2 rings (SSSR count). The number of carbonyl (C=O) groups is 2. The first kappa shape index (κ1) is 16.7. The highest BCUT2D eigenvalue weighted by molar-refractivity contribution is 6.45. The minimum absolute atomic E-state index is 0.228. The Morgan fingerprint density at radius 2 is 1.83 bits per heavy atom. The Labute approximate surface area is 137 Å². The van der Waals surface area contributed by atoms with Crippen molar-refractivity contribution in [3.63, 3.8) is 0 Å². The van der Waals surface area contributed by atoms with Crippen molar-refractivity contribution >= 4 is 34.7 Å². The van der Waals surface area contributed by atoms with Gasteiger partial charge in [0, 0.05) is 22.3 Å². The van der Waals surface area contributed by atoms with E-state index in [0.717, 1.165) is 18.2 Å². The Bertz CT molecular complexity index is 785.